The lowest BCUT2D eigenvalue weighted by atomic mass is 10.1. The van der Waals surface area contributed by atoms with Crippen molar-refractivity contribution in [3.8, 4) is 0 Å². The van der Waals surface area contributed by atoms with Crippen LogP contribution in [0.25, 0.3) is 0 Å². The zero-order valence-corrected chi connectivity index (χ0v) is 19.3. The van der Waals surface area contributed by atoms with Gasteiger partial charge in [-0.1, -0.05) is 70.4 Å². The van der Waals surface area contributed by atoms with Crippen molar-refractivity contribution in [2.24, 2.45) is 0 Å². The van der Waals surface area contributed by atoms with Gasteiger partial charge >= 0.3 is 0 Å². The normalized spacial score (nSPS) is 11.8. The minimum Gasteiger partial charge on any atom is -0.356 e. The highest BCUT2D eigenvalue weighted by Crippen LogP contribution is 2.12. The van der Waals surface area contributed by atoms with Crippen LogP contribution in [0.4, 0.5) is 0 Å². The lowest BCUT2D eigenvalue weighted by Crippen LogP contribution is -2.52. The number of carbonyl (C=O) groups is 1. The van der Waals surface area contributed by atoms with Gasteiger partial charge in [0.25, 0.3) is 0 Å². The molecule has 0 heterocycles. The Morgan fingerprint density at radius 1 is 0.857 bits per heavy atom. The Hall–Kier alpha value is -0.480. The van der Waals surface area contributed by atoms with Crippen molar-refractivity contribution in [1.82, 2.24) is 5.32 Å². The van der Waals surface area contributed by atoms with Gasteiger partial charge < -0.3 is 20.1 Å². The molecule has 0 fully saturated rings. The third-order valence-corrected chi connectivity index (χ3v) is 5.20. The van der Waals surface area contributed by atoms with Crippen LogP contribution < -0.4 is 11.1 Å². The summed E-state index contributed by atoms with van der Waals surface area (Å²) in [6.45, 7) is 4.71. The maximum absolute atomic E-state index is 11.7. The second kappa shape index (κ2) is 24.6. The number of unbranched alkanes of at least 4 members (excludes halogenated alkanes) is 11. The number of allylic oxidation sites excluding steroid dienone is 2. The summed E-state index contributed by atoms with van der Waals surface area (Å²) in [5.41, 5.74) is 3.69. The molecule has 0 aliphatic heterocycles. The molecule has 1 unspecified atom stereocenters. The molecule has 0 saturated carbocycles. The molecule has 0 aliphatic carbocycles. The van der Waals surface area contributed by atoms with Crippen molar-refractivity contribution in [2.75, 3.05) is 26.3 Å². The van der Waals surface area contributed by atoms with E-state index in [1.807, 2.05) is 0 Å². The van der Waals surface area contributed by atoms with Gasteiger partial charge in [0.1, 0.15) is 6.61 Å². The van der Waals surface area contributed by atoms with E-state index in [1.165, 1.54) is 70.6 Å². The fourth-order valence-electron chi connectivity index (χ4n) is 2.88. The molecule has 0 aromatic carbocycles. The Labute approximate surface area is 175 Å². The molecule has 0 bridgehead atoms. The number of hydrogen-bond acceptors (Lipinski definition) is 3. The SMILES string of the molecule is CCCCCCCC/C=C\CCCCCCCC(=O)NCCOPOCC[NH3+]. The van der Waals surface area contributed by atoms with Gasteiger partial charge in [0.05, 0.1) is 13.2 Å². The second-order valence-corrected chi connectivity index (χ2v) is 8.06. The maximum Gasteiger partial charge on any atom is 0.220 e. The molecule has 1 amide bonds. The van der Waals surface area contributed by atoms with Crippen molar-refractivity contribution in [3.05, 3.63) is 12.2 Å². The van der Waals surface area contributed by atoms with E-state index in [-0.39, 0.29) is 14.9 Å². The molecule has 0 saturated heterocycles. The molecule has 5 nitrogen and oxygen atoms in total. The number of nitrogens with one attached hydrogen (secondary N) is 1. The molecule has 1 atom stereocenters. The summed E-state index contributed by atoms with van der Waals surface area (Å²) >= 11 is 0. The Balaban J connectivity index is 3.19. The van der Waals surface area contributed by atoms with Crippen LogP contribution in [0.2, 0.25) is 0 Å². The summed E-state index contributed by atoms with van der Waals surface area (Å²) in [4.78, 5) is 11.7. The summed E-state index contributed by atoms with van der Waals surface area (Å²) in [5, 5.41) is 2.89. The summed E-state index contributed by atoms with van der Waals surface area (Å²) in [5.74, 6) is 0.128. The lowest BCUT2D eigenvalue weighted by Gasteiger charge is -2.06. The van der Waals surface area contributed by atoms with Crippen molar-refractivity contribution in [1.29, 1.82) is 0 Å². The summed E-state index contributed by atoms with van der Waals surface area (Å²) in [6, 6.07) is 0. The minimum atomic E-state index is 0.0456. The molecule has 0 aromatic rings. The van der Waals surface area contributed by atoms with Crippen LogP contribution in [0.3, 0.4) is 0 Å². The van der Waals surface area contributed by atoms with Crippen molar-refractivity contribution < 1.29 is 19.6 Å². The number of hydrogen-bond donors (Lipinski definition) is 2. The summed E-state index contributed by atoms with van der Waals surface area (Å²) in [6.07, 6.45) is 21.9. The van der Waals surface area contributed by atoms with Crippen LogP contribution >= 0.6 is 9.03 Å². The van der Waals surface area contributed by atoms with E-state index in [4.69, 9.17) is 9.05 Å². The van der Waals surface area contributed by atoms with Crippen molar-refractivity contribution >= 4 is 14.9 Å². The Morgan fingerprint density at radius 3 is 2.07 bits per heavy atom. The van der Waals surface area contributed by atoms with Crippen LogP contribution in [0.1, 0.15) is 96.8 Å². The first-order valence-corrected chi connectivity index (χ1v) is 12.3. The molecular formula is C22H46N2O3P+. The minimum absolute atomic E-state index is 0.0456. The highest BCUT2D eigenvalue weighted by molar-refractivity contribution is 7.26. The van der Waals surface area contributed by atoms with Crippen LogP contribution in [-0.4, -0.2) is 32.2 Å². The summed E-state index contributed by atoms with van der Waals surface area (Å²) in [7, 11) is 0.0456. The van der Waals surface area contributed by atoms with Crippen molar-refractivity contribution in [2.45, 2.75) is 96.8 Å². The number of amides is 1. The first-order chi connectivity index (χ1) is 13.8. The Bertz CT molecular complexity index is 355. The van der Waals surface area contributed by atoms with Gasteiger partial charge in [0, 0.05) is 13.0 Å². The smallest absolute Gasteiger partial charge is 0.220 e. The van der Waals surface area contributed by atoms with E-state index < -0.39 is 0 Å². The molecule has 166 valence electrons. The average Bonchev–Trinajstić information content (AvgIpc) is 2.70. The maximum atomic E-state index is 11.7. The highest BCUT2D eigenvalue weighted by Gasteiger charge is 2.00. The fraction of sp³-hybridized carbons (Fsp3) is 0.864. The highest BCUT2D eigenvalue weighted by atomic mass is 31.1. The summed E-state index contributed by atoms with van der Waals surface area (Å²) < 4.78 is 10.5. The monoisotopic (exact) mass is 417 g/mol. The average molecular weight is 418 g/mol. The largest absolute Gasteiger partial charge is 0.356 e. The Kier molecular flexibility index (Phi) is 24.1. The van der Waals surface area contributed by atoms with Crippen LogP contribution in [0.15, 0.2) is 12.2 Å². The van der Waals surface area contributed by atoms with E-state index >= 15 is 0 Å². The van der Waals surface area contributed by atoms with Crippen molar-refractivity contribution in [3.63, 3.8) is 0 Å². The number of carbonyl (C=O) groups excluding carboxylic acids is 1. The molecule has 0 radical (unpaired) electrons. The molecular weight excluding hydrogens is 371 g/mol. The topological polar surface area (TPSA) is 75.2 Å². The molecule has 0 aromatic heterocycles. The zero-order valence-electron chi connectivity index (χ0n) is 18.3. The van der Waals surface area contributed by atoms with Gasteiger partial charge in [-0.05, 0) is 32.1 Å². The number of rotatable bonds is 22. The van der Waals surface area contributed by atoms with Gasteiger partial charge in [-0.3, -0.25) is 4.79 Å². The molecule has 0 spiro atoms. The molecule has 4 N–H and O–H groups in total. The van der Waals surface area contributed by atoms with Gasteiger partial charge in [-0.25, -0.2) is 0 Å². The van der Waals surface area contributed by atoms with E-state index in [2.05, 4.69) is 30.1 Å². The molecule has 0 rings (SSSR count). The predicted octanol–water partition coefficient (Wildman–Crippen LogP) is 4.92. The second-order valence-electron chi connectivity index (χ2n) is 7.32. The molecule has 6 heteroatoms. The molecule has 0 aliphatic rings. The predicted molar refractivity (Wildman–Crippen MR) is 120 cm³/mol. The first kappa shape index (κ1) is 27.5. The van der Waals surface area contributed by atoms with E-state index in [0.29, 0.717) is 26.2 Å². The Morgan fingerprint density at radius 2 is 1.43 bits per heavy atom. The van der Waals surface area contributed by atoms with Gasteiger partial charge in [-0.15, -0.1) is 0 Å². The van der Waals surface area contributed by atoms with Crippen LogP contribution in [0.5, 0.6) is 0 Å². The van der Waals surface area contributed by atoms with Crippen LogP contribution in [0, 0.1) is 0 Å². The fourth-order valence-corrected chi connectivity index (χ4v) is 3.38. The van der Waals surface area contributed by atoms with Gasteiger partial charge in [-0.2, -0.15) is 0 Å². The van der Waals surface area contributed by atoms with E-state index in [0.717, 1.165) is 19.4 Å². The standard InChI is InChI=1S/C22H45N2O3P/c1-2-3-4-5-6-7-8-9-10-11-12-13-14-15-16-17-22(25)24-19-21-27-28-26-20-18-23/h9-10,28H,2-8,11-21,23H2,1H3,(H,24,25)/p+1/b10-9-. The lowest BCUT2D eigenvalue weighted by molar-refractivity contribution is -0.370. The zero-order chi connectivity index (χ0) is 20.5. The van der Waals surface area contributed by atoms with E-state index in [1.54, 1.807) is 0 Å². The number of quaternary nitrogens is 1. The third kappa shape index (κ3) is 23.6. The first-order valence-electron chi connectivity index (χ1n) is 11.5. The van der Waals surface area contributed by atoms with E-state index in [9.17, 15) is 4.79 Å². The molecule has 28 heavy (non-hydrogen) atoms. The van der Waals surface area contributed by atoms with Crippen LogP contribution in [-0.2, 0) is 13.8 Å². The van der Waals surface area contributed by atoms with Gasteiger partial charge in [0.15, 0.2) is 9.03 Å². The third-order valence-electron chi connectivity index (χ3n) is 4.56. The quantitative estimate of drug-likeness (QED) is 0.149. The van der Waals surface area contributed by atoms with Gasteiger partial charge in [0.2, 0.25) is 5.91 Å².